The van der Waals surface area contributed by atoms with Gasteiger partial charge in [0.05, 0.1) is 17.4 Å². The zero-order chi connectivity index (χ0) is 16.7. The number of carbonyl (C=O) groups excluding carboxylic acids is 1. The maximum absolute atomic E-state index is 12.2. The Labute approximate surface area is 148 Å². The topological polar surface area (TPSA) is 41.6 Å². The molecule has 1 aromatic carbocycles. The maximum Gasteiger partial charge on any atom is 0.238 e. The van der Waals surface area contributed by atoms with Crippen molar-refractivity contribution in [1.82, 2.24) is 4.90 Å². The largest absolute Gasteiger partial charge is 0.497 e. The Morgan fingerprint density at radius 3 is 2.65 bits per heavy atom. The van der Waals surface area contributed by atoms with Crippen molar-refractivity contribution in [2.75, 3.05) is 25.5 Å². The molecule has 0 saturated carbocycles. The maximum atomic E-state index is 12.2. The Morgan fingerprint density at radius 1 is 1.35 bits per heavy atom. The van der Waals surface area contributed by atoms with Gasteiger partial charge in [-0.2, -0.15) is 0 Å². The molecule has 0 fully saturated rings. The molecule has 0 spiro atoms. The van der Waals surface area contributed by atoms with E-state index in [1.807, 2.05) is 41.3 Å². The van der Waals surface area contributed by atoms with Gasteiger partial charge in [-0.25, -0.2) is 0 Å². The van der Waals surface area contributed by atoms with Gasteiger partial charge in [-0.3, -0.25) is 9.69 Å². The minimum Gasteiger partial charge on any atom is -0.497 e. The second-order valence-electron chi connectivity index (χ2n) is 4.94. The third-order valence-electron chi connectivity index (χ3n) is 3.14. The van der Waals surface area contributed by atoms with Crippen LogP contribution in [0.1, 0.15) is 4.88 Å². The molecule has 6 heteroatoms. The Morgan fingerprint density at radius 2 is 2.09 bits per heavy atom. The first-order valence-corrected chi connectivity index (χ1v) is 8.73. The highest BCUT2D eigenvalue weighted by Crippen LogP contribution is 2.23. The third kappa shape index (κ3) is 5.82. The Balaban J connectivity index is 1.92. The fourth-order valence-corrected chi connectivity index (χ4v) is 3.63. The molecule has 2 aromatic rings. The van der Waals surface area contributed by atoms with Crippen LogP contribution in [0.5, 0.6) is 5.75 Å². The van der Waals surface area contributed by atoms with Gasteiger partial charge in [0.2, 0.25) is 5.91 Å². The summed E-state index contributed by atoms with van der Waals surface area (Å²) in [7, 11) is 1.61. The molecule has 2 rings (SSSR count). The van der Waals surface area contributed by atoms with E-state index in [1.54, 1.807) is 18.4 Å². The van der Waals surface area contributed by atoms with Crippen molar-refractivity contribution in [2.45, 2.75) is 6.54 Å². The molecule has 1 aromatic heterocycles. The Kier molecular flexibility index (Phi) is 6.83. The van der Waals surface area contributed by atoms with Gasteiger partial charge in [-0.1, -0.05) is 6.08 Å². The summed E-state index contributed by atoms with van der Waals surface area (Å²) in [4.78, 5) is 15.5. The number of amides is 1. The van der Waals surface area contributed by atoms with Crippen molar-refractivity contribution >= 4 is 38.9 Å². The molecule has 1 amide bonds. The van der Waals surface area contributed by atoms with Crippen molar-refractivity contribution in [1.29, 1.82) is 0 Å². The molecule has 122 valence electrons. The highest BCUT2D eigenvalue weighted by atomic mass is 79.9. The molecule has 0 aliphatic carbocycles. The Hall–Kier alpha value is -1.63. The molecule has 0 aliphatic rings. The van der Waals surface area contributed by atoms with Crippen LogP contribution in [0.2, 0.25) is 0 Å². The monoisotopic (exact) mass is 394 g/mol. The second-order valence-corrected chi connectivity index (χ2v) is 7.49. The lowest BCUT2D eigenvalue weighted by atomic mass is 10.3. The van der Waals surface area contributed by atoms with Crippen molar-refractivity contribution in [3.8, 4) is 5.75 Å². The average Bonchev–Trinajstić information content (AvgIpc) is 2.93. The molecule has 1 heterocycles. The highest BCUT2D eigenvalue weighted by molar-refractivity contribution is 9.11. The van der Waals surface area contributed by atoms with E-state index in [0.717, 1.165) is 21.8 Å². The van der Waals surface area contributed by atoms with E-state index in [-0.39, 0.29) is 5.91 Å². The van der Waals surface area contributed by atoms with Gasteiger partial charge in [0.25, 0.3) is 0 Å². The van der Waals surface area contributed by atoms with Crippen LogP contribution >= 0.6 is 27.3 Å². The SMILES string of the molecule is C=CCN(CC(=O)Nc1ccc(OC)cc1)Cc1ccc(Br)s1. The molecule has 0 aliphatic heterocycles. The number of hydrogen-bond acceptors (Lipinski definition) is 4. The summed E-state index contributed by atoms with van der Waals surface area (Å²) >= 11 is 5.13. The zero-order valence-electron chi connectivity index (χ0n) is 12.9. The molecular weight excluding hydrogens is 376 g/mol. The first kappa shape index (κ1) is 17.7. The minimum atomic E-state index is -0.0485. The van der Waals surface area contributed by atoms with E-state index >= 15 is 0 Å². The third-order valence-corrected chi connectivity index (χ3v) is 4.74. The summed E-state index contributed by atoms with van der Waals surface area (Å²) < 4.78 is 6.20. The van der Waals surface area contributed by atoms with Crippen LogP contribution in [0, 0.1) is 0 Å². The quantitative estimate of drug-likeness (QED) is 0.683. The molecule has 0 atom stereocenters. The number of nitrogens with zero attached hydrogens (tertiary/aromatic N) is 1. The molecule has 0 unspecified atom stereocenters. The van der Waals surface area contributed by atoms with E-state index in [0.29, 0.717) is 13.1 Å². The van der Waals surface area contributed by atoms with E-state index in [4.69, 9.17) is 4.74 Å². The number of ether oxygens (including phenoxy) is 1. The van der Waals surface area contributed by atoms with Crippen molar-refractivity contribution in [3.05, 3.63) is 57.7 Å². The lowest BCUT2D eigenvalue weighted by Gasteiger charge is -2.19. The summed E-state index contributed by atoms with van der Waals surface area (Å²) in [6.45, 7) is 5.46. The molecule has 1 N–H and O–H groups in total. The van der Waals surface area contributed by atoms with Crippen LogP contribution < -0.4 is 10.1 Å². The van der Waals surface area contributed by atoms with Gasteiger partial charge in [0, 0.05) is 23.7 Å². The summed E-state index contributed by atoms with van der Waals surface area (Å²) in [5.41, 5.74) is 0.758. The predicted molar refractivity (Wildman–Crippen MR) is 99.1 cm³/mol. The number of nitrogens with one attached hydrogen (secondary N) is 1. The van der Waals surface area contributed by atoms with E-state index < -0.39 is 0 Å². The summed E-state index contributed by atoms with van der Waals surface area (Å²) in [6, 6.07) is 11.4. The number of halogens is 1. The van der Waals surface area contributed by atoms with Crippen LogP contribution in [0.25, 0.3) is 0 Å². The van der Waals surface area contributed by atoms with Gasteiger partial charge >= 0.3 is 0 Å². The number of methoxy groups -OCH3 is 1. The van der Waals surface area contributed by atoms with Gasteiger partial charge < -0.3 is 10.1 Å². The molecule has 0 radical (unpaired) electrons. The van der Waals surface area contributed by atoms with Crippen LogP contribution in [0.3, 0.4) is 0 Å². The van der Waals surface area contributed by atoms with Crippen LogP contribution in [0.4, 0.5) is 5.69 Å². The highest BCUT2D eigenvalue weighted by Gasteiger charge is 2.11. The fraction of sp³-hybridized carbons (Fsp3) is 0.235. The summed E-state index contributed by atoms with van der Waals surface area (Å²) in [5.74, 6) is 0.715. The molecule has 0 bridgehead atoms. The first-order valence-electron chi connectivity index (χ1n) is 7.12. The average molecular weight is 395 g/mol. The lowest BCUT2D eigenvalue weighted by Crippen LogP contribution is -2.32. The first-order chi connectivity index (χ1) is 11.1. The van der Waals surface area contributed by atoms with Gasteiger partial charge in [-0.05, 0) is 52.3 Å². The standard InChI is InChI=1S/C17H19BrN2O2S/c1-3-10-20(11-15-8-9-16(18)23-15)12-17(21)19-13-4-6-14(22-2)7-5-13/h3-9H,1,10-12H2,2H3,(H,19,21). The molecule has 0 saturated heterocycles. The predicted octanol–water partition coefficient (Wildman–Crippen LogP) is 4.15. The number of thiophene rings is 1. The second kappa shape index (κ2) is 8.86. The number of hydrogen-bond donors (Lipinski definition) is 1. The van der Waals surface area contributed by atoms with Crippen LogP contribution in [-0.2, 0) is 11.3 Å². The van der Waals surface area contributed by atoms with Gasteiger partial charge in [0.1, 0.15) is 5.75 Å². The smallest absolute Gasteiger partial charge is 0.238 e. The number of anilines is 1. The zero-order valence-corrected chi connectivity index (χ0v) is 15.3. The van der Waals surface area contributed by atoms with E-state index in [2.05, 4.69) is 33.9 Å². The normalized spacial score (nSPS) is 10.6. The van der Waals surface area contributed by atoms with Gasteiger partial charge in [0.15, 0.2) is 0 Å². The molecule has 23 heavy (non-hydrogen) atoms. The lowest BCUT2D eigenvalue weighted by molar-refractivity contribution is -0.117. The molecular formula is C17H19BrN2O2S. The minimum absolute atomic E-state index is 0.0485. The van der Waals surface area contributed by atoms with Crippen LogP contribution in [-0.4, -0.2) is 31.0 Å². The molecule has 4 nitrogen and oxygen atoms in total. The van der Waals surface area contributed by atoms with E-state index in [1.165, 1.54) is 4.88 Å². The fourth-order valence-electron chi connectivity index (χ4n) is 2.10. The summed E-state index contributed by atoms with van der Waals surface area (Å²) in [5, 5.41) is 2.90. The summed E-state index contributed by atoms with van der Waals surface area (Å²) in [6.07, 6.45) is 1.81. The van der Waals surface area contributed by atoms with Crippen molar-refractivity contribution in [3.63, 3.8) is 0 Å². The Bertz CT molecular complexity index is 655. The number of carbonyl (C=O) groups is 1. The van der Waals surface area contributed by atoms with Crippen molar-refractivity contribution < 1.29 is 9.53 Å². The number of rotatable bonds is 8. The van der Waals surface area contributed by atoms with Crippen LogP contribution in [0.15, 0.2) is 52.8 Å². The van der Waals surface area contributed by atoms with Gasteiger partial charge in [-0.15, -0.1) is 17.9 Å². The number of benzene rings is 1. The van der Waals surface area contributed by atoms with Crippen molar-refractivity contribution in [2.24, 2.45) is 0 Å². The van der Waals surface area contributed by atoms with E-state index in [9.17, 15) is 4.79 Å².